The SMILES string of the molecule is COc1cccc(S(=O)(=O)N2CCC(C(C)O)C2)c1. The molecule has 1 saturated heterocycles. The summed E-state index contributed by atoms with van der Waals surface area (Å²) in [5.41, 5.74) is 0. The monoisotopic (exact) mass is 285 g/mol. The van der Waals surface area contributed by atoms with E-state index in [4.69, 9.17) is 4.74 Å². The molecule has 2 rings (SSSR count). The Kier molecular flexibility index (Phi) is 4.13. The summed E-state index contributed by atoms with van der Waals surface area (Å²) >= 11 is 0. The van der Waals surface area contributed by atoms with Crippen molar-refractivity contribution in [3.8, 4) is 5.75 Å². The summed E-state index contributed by atoms with van der Waals surface area (Å²) in [6, 6.07) is 6.45. The smallest absolute Gasteiger partial charge is 0.243 e. The molecule has 1 aliphatic rings. The molecule has 0 aromatic heterocycles. The lowest BCUT2D eigenvalue weighted by molar-refractivity contribution is 0.133. The number of sulfonamides is 1. The normalized spacial score (nSPS) is 22.4. The van der Waals surface area contributed by atoms with Gasteiger partial charge in [-0.15, -0.1) is 0 Å². The third-order valence-corrected chi connectivity index (χ3v) is 5.41. The van der Waals surface area contributed by atoms with E-state index in [2.05, 4.69) is 0 Å². The Labute approximate surface area is 113 Å². The molecule has 1 aromatic carbocycles. The van der Waals surface area contributed by atoms with Gasteiger partial charge in [-0.05, 0) is 31.4 Å². The average Bonchev–Trinajstić information content (AvgIpc) is 2.89. The number of hydrogen-bond acceptors (Lipinski definition) is 4. The fourth-order valence-corrected chi connectivity index (χ4v) is 3.82. The fourth-order valence-electron chi connectivity index (χ4n) is 2.28. The van der Waals surface area contributed by atoms with Crippen molar-refractivity contribution in [2.75, 3.05) is 20.2 Å². The molecule has 1 aromatic rings. The van der Waals surface area contributed by atoms with E-state index in [1.807, 2.05) is 0 Å². The van der Waals surface area contributed by atoms with Crippen LogP contribution in [0.1, 0.15) is 13.3 Å². The molecule has 0 amide bonds. The molecule has 1 heterocycles. The highest BCUT2D eigenvalue weighted by atomic mass is 32.2. The summed E-state index contributed by atoms with van der Waals surface area (Å²) in [6.45, 7) is 2.53. The number of ether oxygens (including phenoxy) is 1. The van der Waals surface area contributed by atoms with Crippen molar-refractivity contribution in [3.05, 3.63) is 24.3 Å². The van der Waals surface area contributed by atoms with Crippen LogP contribution in [0.2, 0.25) is 0 Å². The molecule has 1 aliphatic heterocycles. The highest BCUT2D eigenvalue weighted by Gasteiger charge is 2.34. The van der Waals surface area contributed by atoms with E-state index in [1.54, 1.807) is 25.1 Å². The molecule has 6 heteroatoms. The summed E-state index contributed by atoms with van der Waals surface area (Å²) in [4.78, 5) is 0.234. The van der Waals surface area contributed by atoms with Crippen LogP contribution in [-0.2, 0) is 10.0 Å². The van der Waals surface area contributed by atoms with Gasteiger partial charge in [-0.2, -0.15) is 4.31 Å². The Hall–Kier alpha value is -1.11. The lowest BCUT2D eigenvalue weighted by Crippen LogP contribution is -2.30. The van der Waals surface area contributed by atoms with E-state index < -0.39 is 16.1 Å². The summed E-state index contributed by atoms with van der Waals surface area (Å²) in [7, 11) is -1.99. The zero-order valence-corrected chi connectivity index (χ0v) is 11.9. The first kappa shape index (κ1) is 14.3. The van der Waals surface area contributed by atoms with Gasteiger partial charge in [0.1, 0.15) is 5.75 Å². The van der Waals surface area contributed by atoms with Crippen molar-refractivity contribution in [1.29, 1.82) is 0 Å². The van der Waals surface area contributed by atoms with Gasteiger partial charge in [0.2, 0.25) is 10.0 Å². The highest BCUT2D eigenvalue weighted by molar-refractivity contribution is 7.89. The van der Waals surface area contributed by atoms with Gasteiger partial charge < -0.3 is 9.84 Å². The zero-order chi connectivity index (χ0) is 14.0. The van der Waals surface area contributed by atoms with E-state index in [9.17, 15) is 13.5 Å². The first-order valence-corrected chi connectivity index (χ1v) is 7.71. The van der Waals surface area contributed by atoms with Gasteiger partial charge in [-0.1, -0.05) is 6.07 Å². The van der Waals surface area contributed by atoms with Crippen LogP contribution in [0.3, 0.4) is 0 Å². The quantitative estimate of drug-likeness (QED) is 0.899. The largest absolute Gasteiger partial charge is 0.497 e. The second-order valence-electron chi connectivity index (χ2n) is 4.83. The molecule has 2 atom stereocenters. The van der Waals surface area contributed by atoms with Crippen molar-refractivity contribution in [2.24, 2.45) is 5.92 Å². The van der Waals surface area contributed by atoms with Crippen LogP contribution >= 0.6 is 0 Å². The van der Waals surface area contributed by atoms with Crippen molar-refractivity contribution in [2.45, 2.75) is 24.3 Å². The molecule has 1 fully saturated rings. The van der Waals surface area contributed by atoms with Crippen LogP contribution in [0.4, 0.5) is 0 Å². The molecule has 0 saturated carbocycles. The average molecular weight is 285 g/mol. The van der Waals surface area contributed by atoms with Crippen molar-refractivity contribution >= 4 is 10.0 Å². The summed E-state index contributed by atoms with van der Waals surface area (Å²) in [5.74, 6) is 0.535. The minimum atomic E-state index is -3.50. The lowest BCUT2D eigenvalue weighted by Gasteiger charge is -2.18. The topological polar surface area (TPSA) is 66.8 Å². The zero-order valence-electron chi connectivity index (χ0n) is 11.1. The molecule has 5 nitrogen and oxygen atoms in total. The van der Waals surface area contributed by atoms with Gasteiger partial charge in [0.05, 0.1) is 18.1 Å². The molecular formula is C13H19NO4S. The fraction of sp³-hybridized carbons (Fsp3) is 0.538. The van der Waals surface area contributed by atoms with Gasteiger partial charge in [0, 0.05) is 19.2 Å². The maximum atomic E-state index is 12.5. The number of rotatable bonds is 4. The van der Waals surface area contributed by atoms with Crippen LogP contribution in [-0.4, -0.2) is 44.1 Å². The molecule has 0 radical (unpaired) electrons. The number of methoxy groups -OCH3 is 1. The summed E-state index contributed by atoms with van der Waals surface area (Å²) in [6.07, 6.45) is 0.214. The molecule has 0 aliphatic carbocycles. The molecule has 0 bridgehead atoms. The molecular weight excluding hydrogens is 266 g/mol. The second-order valence-corrected chi connectivity index (χ2v) is 6.77. The molecule has 19 heavy (non-hydrogen) atoms. The summed E-state index contributed by atoms with van der Waals surface area (Å²) < 4.78 is 31.4. The van der Waals surface area contributed by atoms with Crippen molar-refractivity contribution in [1.82, 2.24) is 4.31 Å². The van der Waals surface area contributed by atoms with Gasteiger partial charge in [-0.25, -0.2) is 8.42 Å². The second kappa shape index (κ2) is 5.48. The first-order valence-electron chi connectivity index (χ1n) is 6.27. The van der Waals surface area contributed by atoms with E-state index in [1.165, 1.54) is 17.5 Å². The predicted octanol–water partition coefficient (Wildman–Crippen LogP) is 1.09. The Morgan fingerprint density at radius 2 is 2.21 bits per heavy atom. The molecule has 1 N–H and O–H groups in total. The Balaban J connectivity index is 2.23. The number of aliphatic hydroxyl groups is 1. The predicted molar refractivity (Wildman–Crippen MR) is 71.5 cm³/mol. The third kappa shape index (κ3) is 2.91. The van der Waals surface area contributed by atoms with Crippen molar-refractivity contribution < 1.29 is 18.3 Å². The molecule has 2 unspecified atom stereocenters. The van der Waals surface area contributed by atoms with Gasteiger partial charge in [0.15, 0.2) is 0 Å². The van der Waals surface area contributed by atoms with E-state index >= 15 is 0 Å². The minimum absolute atomic E-state index is 0.0142. The third-order valence-electron chi connectivity index (χ3n) is 3.55. The number of benzene rings is 1. The van der Waals surface area contributed by atoms with Crippen LogP contribution in [0.15, 0.2) is 29.2 Å². The van der Waals surface area contributed by atoms with Crippen molar-refractivity contribution in [3.63, 3.8) is 0 Å². The standard InChI is InChI=1S/C13H19NO4S/c1-10(15)11-6-7-14(9-11)19(16,17)13-5-3-4-12(8-13)18-2/h3-5,8,10-11,15H,6-7,9H2,1-2H3. The van der Waals surface area contributed by atoms with Gasteiger partial charge >= 0.3 is 0 Å². The van der Waals surface area contributed by atoms with E-state index in [0.29, 0.717) is 25.3 Å². The Bertz CT molecular complexity index is 541. The maximum absolute atomic E-state index is 12.5. The minimum Gasteiger partial charge on any atom is -0.497 e. The Morgan fingerprint density at radius 1 is 1.47 bits per heavy atom. The number of aliphatic hydroxyl groups excluding tert-OH is 1. The van der Waals surface area contributed by atoms with Crippen LogP contribution in [0.25, 0.3) is 0 Å². The summed E-state index contributed by atoms with van der Waals surface area (Å²) in [5, 5.41) is 9.55. The maximum Gasteiger partial charge on any atom is 0.243 e. The van der Waals surface area contributed by atoms with Gasteiger partial charge in [0.25, 0.3) is 0 Å². The number of hydrogen-bond donors (Lipinski definition) is 1. The molecule has 0 spiro atoms. The lowest BCUT2D eigenvalue weighted by atomic mass is 10.0. The van der Waals surface area contributed by atoms with Crippen LogP contribution < -0.4 is 4.74 Å². The molecule has 106 valence electrons. The number of nitrogens with zero attached hydrogens (tertiary/aromatic N) is 1. The van der Waals surface area contributed by atoms with Crippen LogP contribution in [0.5, 0.6) is 5.75 Å². The van der Waals surface area contributed by atoms with E-state index in [-0.39, 0.29) is 10.8 Å². The van der Waals surface area contributed by atoms with Crippen LogP contribution in [0, 0.1) is 5.92 Å². The Morgan fingerprint density at radius 3 is 2.79 bits per heavy atom. The van der Waals surface area contributed by atoms with Gasteiger partial charge in [-0.3, -0.25) is 0 Å². The first-order chi connectivity index (χ1) is 8.95. The highest BCUT2D eigenvalue weighted by Crippen LogP contribution is 2.27. The van der Waals surface area contributed by atoms with E-state index in [0.717, 1.165) is 0 Å².